The molecule has 0 saturated heterocycles. The molecule has 0 aliphatic rings. The predicted molar refractivity (Wildman–Crippen MR) is 72.0 cm³/mol. The molecule has 0 aromatic carbocycles. The van der Waals surface area contributed by atoms with E-state index in [4.69, 9.17) is 0 Å². The molecule has 0 aromatic heterocycles. The molecule has 0 heterocycles. The molecular formula is C14H26F3NO2. The molecule has 0 unspecified atom stereocenters. The maximum absolute atomic E-state index is 11.7. The number of hydrogen-bond acceptors (Lipinski definition) is 2. The van der Waals surface area contributed by atoms with E-state index in [0.29, 0.717) is 6.42 Å². The van der Waals surface area contributed by atoms with Crippen molar-refractivity contribution in [2.45, 2.75) is 77.3 Å². The number of hydrogen-bond donors (Lipinski definition) is 1. The van der Waals surface area contributed by atoms with Gasteiger partial charge in [-0.3, -0.25) is 9.63 Å². The first-order valence-corrected chi connectivity index (χ1v) is 7.43. The molecule has 3 nitrogen and oxygen atoms in total. The third-order valence-electron chi connectivity index (χ3n) is 2.93. The summed E-state index contributed by atoms with van der Waals surface area (Å²) in [5, 5.41) is 0. The van der Waals surface area contributed by atoms with Crippen molar-refractivity contribution in [2.24, 2.45) is 0 Å². The molecule has 20 heavy (non-hydrogen) atoms. The van der Waals surface area contributed by atoms with Gasteiger partial charge in [0.25, 0.3) is 0 Å². The number of hydroxylamine groups is 1. The summed E-state index contributed by atoms with van der Waals surface area (Å²) in [6, 6.07) is 0. The molecule has 0 atom stereocenters. The van der Waals surface area contributed by atoms with Crippen LogP contribution in [0.15, 0.2) is 0 Å². The number of unbranched alkanes of at least 4 members (excludes halogenated alkanes) is 8. The summed E-state index contributed by atoms with van der Waals surface area (Å²) in [4.78, 5) is 15.2. The number of carbonyl (C=O) groups is 1. The summed E-state index contributed by atoms with van der Waals surface area (Å²) in [5.74, 6) is -0.489. The number of carbonyl (C=O) groups excluding carboxylic acids is 1. The average molecular weight is 297 g/mol. The Bertz CT molecular complexity index is 245. The van der Waals surface area contributed by atoms with Crippen LogP contribution < -0.4 is 5.48 Å². The Balaban J connectivity index is 3.23. The van der Waals surface area contributed by atoms with Crippen molar-refractivity contribution in [1.82, 2.24) is 5.48 Å². The lowest BCUT2D eigenvalue weighted by Crippen LogP contribution is -2.29. The van der Waals surface area contributed by atoms with Gasteiger partial charge in [0.2, 0.25) is 5.91 Å². The Morgan fingerprint density at radius 2 is 1.45 bits per heavy atom. The van der Waals surface area contributed by atoms with Crippen LogP contribution in [0.25, 0.3) is 0 Å². The van der Waals surface area contributed by atoms with Gasteiger partial charge in [0.1, 0.15) is 0 Å². The largest absolute Gasteiger partial charge is 0.414 e. The zero-order valence-electron chi connectivity index (χ0n) is 12.2. The van der Waals surface area contributed by atoms with Gasteiger partial charge in [0.15, 0.2) is 6.61 Å². The predicted octanol–water partition coefficient (Wildman–Crippen LogP) is 4.52. The second-order valence-electron chi connectivity index (χ2n) is 5.01. The Kier molecular flexibility index (Phi) is 11.5. The minimum absolute atomic E-state index is 0.216. The van der Waals surface area contributed by atoms with Crippen LogP contribution in [0, 0.1) is 0 Å². The van der Waals surface area contributed by atoms with Crippen LogP contribution in [0.5, 0.6) is 0 Å². The minimum atomic E-state index is -4.41. The van der Waals surface area contributed by atoms with Gasteiger partial charge in [-0.15, -0.1) is 0 Å². The fourth-order valence-electron chi connectivity index (χ4n) is 1.85. The second kappa shape index (κ2) is 12.0. The van der Waals surface area contributed by atoms with Gasteiger partial charge in [0.05, 0.1) is 0 Å². The van der Waals surface area contributed by atoms with Crippen molar-refractivity contribution in [1.29, 1.82) is 0 Å². The van der Waals surface area contributed by atoms with E-state index < -0.39 is 18.7 Å². The molecule has 0 fully saturated rings. The van der Waals surface area contributed by atoms with Gasteiger partial charge in [-0.1, -0.05) is 58.3 Å². The molecule has 1 N–H and O–H groups in total. The molecule has 1 amide bonds. The highest BCUT2D eigenvalue weighted by Crippen LogP contribution is 2.14. The zero-order chi connectivity index (χ0) is 15.3. The van der Waals surface area contributed by atoms with Crippen molar-refractivity contribution in [3.05, 3.63) is 0 Å². The second-order valence-corrected chi connectivity index (χ2v) is 5.01. The zero-order valence-corrected chi connectivity index (χ0v) is 12.2. The molecule has 6 heteroatoms. The smallest absolute Gasteiger partial charge is 0.273 e. The number of rotatable bonds is 12. The summed E-state index contributed by atoms with van der Waals surface area (Å²) in [7, 11) is 0. The SMILES string of the molecule is CCCCCCCCCCCC(=O)NOCC(F)(F)F. The van der Waals surface area contributed by atoms with Gasteiger partial charge < -0.3 is 0 Å². The van der Waals surface area contributed by atoms with Crippen LogP contribution in [0.3, 0.4) is 0 Å². The number of halogens is 3. The van der Waals surface area contributed by atoms with E-state index in [2.05, 4.69) is 11.8 Å². The summed E-state index contributed by atoms with van der Waals surface area (Å²) in [5.41, 5.74) is 1.81. The Morgan fingerprint density at radius 1 is 0.950 bits per heavy atom. The fourth-order valence-corrected chi connectivity index (χ4v) is 1.85. The summed E-state index contributed by atoms with van der Waals surface area (Å²) >= 11 is 0. The van der Waals surface area contributed by atoms with E-state index in [9.17, 15) is 18.0 Å². The van der Waals surface area contributed by atoms with Crippen LogP contribution in [0.4, 0.5) is 13.2 Å². The van der Waals surface area contributed by atoms with Gasteiger partial charge in [-0.25, -0.2) is 5.48 Å². The summed E-state index contributed by atoms with van der Waals surface area (Å²) in [6.07, 6.45) is 5.97. The lowest BCUT2D eigenvalue weighted by Gasteiger charge is -2.08. The number of amides is 1. The molecule has 0 radical (unpaired) electrons. The first-order valence-electron chi connectivity index (χ1n) is 7.43. The van der Waals surface area contributed by atoms with Gasteiger partial charge in [-0.05, 0) is 6.42 Å². The van der Waals surface area contributed by atoms with E-state index in [-0.39, 0.29) is 6.42 Å². The highest BCUT2D eigenvalue weighted by molar-refractivity contribution is 5.74. The minimum Gasteiger partial charge on any atom is -0.273 e. The third kappa shape index (κ3) is 15.3. The maximum Gasteiger partial charge on any atom is 0.414 e. The van der Waals surface area contributed by atoms with Crippen LogP contribution in [0.2, 0.25) is 0 Å². The standard InChI is InChI=1S/C14H26F3NO2/c1-2-3-4-5-6-7-8-9-10-11-13(19)18-20-12-14(15,16)17/h2-12H2,1H3,(H,18,19). The first kappa shape index (κ1) is 19.2. The van der Waals surface area contributed by atoms with Crippen molar-refractivity contribution in [2.75, 3.05) is 6.61 Å². The van der Waals surface area contributed by atoms with Crippen molar-refractivity contribution in [3.63, 3.8) is 0 Å². The molecular weight excluding hydrogens is 271 g/mol. The topological polar surface area (TPSA) is 38.3 Å². The van der Waals surface area contributed by atoms with E-state index >= 15 is 0 Å². The Labute approximate surface area is 119 Å². The van der Waals surface area contributed by atoms with Crippen molar-refractivity contribution in [3.8, 4) is 0 Å². The number of nitrogens with one attached hydrogen (secondary N) is 1. The Hall–Kier alpha value is -0.780. The molecule has 0 aromatic rings. The van der Waals surface area contributed by atoms with E-state index in [1.54, 1.807) is 5.48 Å². The lowest BCUT2D eigenvalue weighted by atomic mass is 10.1. The third-order valence-corrected chi connectivity index (χ3v) is 2.93. The fraction of sp³-hybridized carbons (Fsp3) is 0.929. The normalized spacial score (nSPS) is 11.6. The maximum atomic E-state index is 11.7. The van der Waals surface area contributed by atoms with Gasteiger partial charge in [0, 0.05) is 6.42 Å². The molecule has 0 saturated carbocycles. The molecule has 0 aliphatic carbocycles. The van der Waals surface area contributed by atoms with Crippen LogP contribution in [-0.4, -0.2) is 18.7 Å². The Morgan fingerprint density at radius 3 is 1.95 bits per heavy atom. The highest BCUT2D eigenvalue weighted by Gasteiger charge is 2.28. The highest BCUT2D eigenvalue weighted by atomic mass is 19.4. The van der Waals surface area contributed by atoms with Crippen LogP contribution in [0.1, 0.15) is 71.1 Å². The van der Waals surface area contributed by atoms with Crippen molar-refractivity contribution < 1.29 is 22.8 Å². The molecule has 0 spiro atoms. The molecule has 0 aliphatic heterocycles. The van der Waals surface area contributed by atoms with Crippen LogP contribution >= 0.6 is 0 Å². The number of alkyl halides is 3. The van der Waals surface area contributed by atoms with Crippen molar-refractivity contribution >= 4 is 5.91 Å². The van der Waals surface area contributed by atoms with Gasteiger partial charge in [-0.2, -0.15) is 13.2 Å². The molecule has 0 rings (SSSR count). The summed E-state index contributed by atoms with van der Waals surface area (Å²) < 4.78 is 35.2. The van der Waals surface area contributed by atoms with Gasteiger partial charge >= 0.3 is 6.18 Å². The molecule has 0 bridgehead atoms. The lowest BCUT2D eigenvalue weighted by molar-refractivity contribution is -0.191. The first-order chi connectivity index (χ1) is 9.45. The van der Waals surface area contributed by atoms with E-state index in [0.717, 1.165) is 19.3 Å². The average Bonchev–Trinajstić information content (AvgIpc) is 2.35. The molecule has 120 valence electrons. The summed E-state index contributed by atoms with van der Waals surface area (Å²) in [6.45, 7) is 0.736. The van der Waals surface area contributed by atoms with E-state index in [1.165, 1.54) is 32.1 Å². The quantitative estimate of drug-likeness (QED) is 0.425. The van der Waals surface area contributed by atoms with Crippen LogP contribution in [-0.2, 0) is 9.63 Å². The monoisotopic (exact) mass is 297 g/mol. The van der Waals surface area contributed by atoms with E-state index in [1.807, 2.05) is 0 Å².